The Labute approximate surface area is 91.4 Å². The Kier molecular flexibility index (Phi) is 4.25. The van der Waals surface area contributed by atoms with Crippen LogP contribution in [-0.2, 0) is 7.05 Å². The summed E-state index contributed by atoms with van der Waals surface area (Å²) in [6, 6.07) is 0. The van der Waals surface area contributed by atoms with Crippen LogP contribution in [0.2, 0.25) is 0 Å². The molecule has 0 saturated heterocycles. The van der Waals surface area contributed by atoms with Gasteiger partial charge in [-0.3, -0.25) is 0 Å². The third kappa shape index (κ3) is 2.98. The minimum absolute atomic E-state index is 0.669. The van der Waals surface area contributed by atoms with E-state index in [2.05, 4.69) is 33.1 Å². The number of nitrogens with zero attached hydrogens (tertiary/aromatic N) is 3. The normalized spacial score (nSPS) is 13.2. The van der Waals surface area contributed by atoms with Crippen LogP contribution in [0.1, 0.15) is 12.7 Å². The number of thioether (sulfide) groups is 1. The molecule has 1 atom stereocenters. The topological polar surface area (TPSA) is 30.7 Å². The van der Waals surface area contributed by atoms with Gasteiger partial charge in [0.2, 0.25) is 0 Å². The maximum Gasteiger partial charge on any atom is 0.190 e. The largest absolute Gasteiger partial charge is 0.309 e. The molecule has 1 rings (SSSR count). The van der Waals surface area contributed by atoms with Gasteiger partial charge in [-0.1, -0.05) is 34.6 Å². The lowest BCUT2D eigenvalue weighted by molar-refractivity contribution is 0.744. The van der Waals surface area contributed by atoms with E-state index in [1.807, 2.05) is 18.5 Å². The van der Waals surface area contributed by atoms with E-state index in [4.69, 9.17) is 0 Å². The zero-order chi connectivity index (χ0) is 9.84. The summed E-state index contributed by atoms with van der Waals surface area (Å²) in [6.45, 7) is 4.18. The molecule has 1 aromatic rings. The first kappa shape index (κ1) is 11.0. The molecule has 3 nitrogen and oxygen atoms in total. The number of rotatable bonds is 4. The maximum absolute atomic E-state index is 4.08. The van der Waals surface area contributed by atoms with Gasteiger partial charge in [-0.05, 0) is 12.8 Å². The first-order valence-electron chi connectivity index (χ1n) is 4.20. The first-order valence-corrected chi connectivity index (χ1v) is 6.30. The van der Waals surface area contributed by atoms with Crippen molar-refractivity contribution in [3.8, 4) is 0 Å². The molecule has 0 spiro atoms. The van der Waals surface area contributed by atoms with Crippen LogP contribution in [0.4, 0.5) is 0 Å². The average molecular weight is 264 g/mol. The third-order valence-corrected chi connectivity index (χ3v) is 4.27. The van der Waals surface area contributed by atoms with Gasteiger partial charge in [-0.25, -0.2) is 0 Å². The van der Waals surface area contributed by atoms with E-state index >= 15 is 0 Å². The van der Waals surface area contributed by atoms with Crippen LogP contribution >= 0.6 is 27.7 Å². The molecule has 0 aliphatic heterocycles. The highest BCUT2D eigenvalue weighted by atomic mass is 79.9. The van der Waals surface area contributed by atoms with Crippen molar-refractivity contribution in [2.75, 3.05) is 11.1 Å². The second-order valence-electron chi connectivity index (χ2n) is 3.16. The average Bonchev–Trinajstić information content (AvgIpc) is 2.44. The molecule has 0 radical (unpaired) electrons. The van der Waals surface area contributed by atoms with Gasteiger partial charge in [0.05, 0.1) is 0 Å². The van der Waals surface area contributed by atoms with Crippen molar-refractivity contribution in [2.24, 2.45) is 13.0 Å². The highest BCUT2D eigenvalue weighted by molar-refractivity contribution is 9.09. The van der Waals surface area contributed by atoms with Gasteiger partial charge >= 0.3 is 0 Å². The number of hydrogen-bond acceptors (Lipinski definition) is 3. The molecule has 0 aromatic carbocycles. The predicted molar refractivity (Wildman–Crippen MR) is 59.4 cm³/mol. The van der Waals surface area contributed by atoms with Gasteiger partial charge < -0.3 is 4.57 Å². The number of hydrogen-bond donors (Lipinski definition) is 0. The highest BCUT2D eigenvalue weighted by Gasteiger charge is 2.07. The lowest BCUT2D eigenvalue weighted by Crippen LogP contribution is -2.01. The van der Waals surface area contributed by atoms with E-state index in [0.717, 1.165) is 22.1 Å². The molecule has 5 heteroatoms. The SMILES string of the molecule is Cc1nnc(SCC(C)CBr)n1C. The van der Waals surface area contributed by atoms with Gasteiger partial charge in [-0.2, -0.15) is 0 Å². The van der Waals surface area contributed by atoms with Gasteiger partial charge in [0.1, 0.15) is 5.82 Å². The lowest BCUT2D eigenvalue weighted by Gasteiger charge is -2.05. The standard InChI is InChI=1S/C8H14BrN3S/c1-6(4-9)5-13-8-11-10-7(2)12(8)3/h6H,4-5H2,1-3H3. The second kappa shape index (κ2) is 5.00. The van der Waals surface area contributed by atoms with Crippen LogP contribution in [0, 0.1) is 12.8 Å². The Morgan fingerprint density at radius 3 is 2.69 bits per heavy atom. The van der Waals surface area contributed by atoms with Crippen LogP contribution in [0.5, 0.6) is 0 Å². The molecule has 0 bridgehead atoms. The smallest absolute Gasteiger partial charge is 0.190 e. The van der Waals surface area contributed by atoms with Crippen LogP contribution in [0.15, 0.2) is 5.16 Å². The summed E-state index contributed by atoms with van der Waals surface area (Å²) in [5, 5.41) is 10.1. The van der Waals surface area contributed by atoms with E-state index in [9.17, 15) is 0 Å². The second-order valence-corrected chi connectivity index (χ2v) is 4.79. The molecule has 13 heavy (non-hydrogen) atoms. The van der Waals surface area contributed by atoms with Gasteiger partial charge in [0.15, 0.2) is 5.16 Å². The molecule has 0 aliphatic rings. The molecular weight excluding hydrogens is 250 g/mol. The third-order valence-electron chi connectivity index (χ3n) is 1.81. The van der Waals surface area contributed by atoms with E-state index < -0.39 is 0 Å². The summed E-state index contributed by atoms with van der Waals surface area (Å²) in [7, 11) is 2.00. The zero-order valence-corrected chi connectivity index (χ0v) is 10.5. The summed E-state index contributed by atoms with van der Waals surface area (Å²) < 4.78 is 2.02. The van der Waals surface area contributed by atoms with Crippen molar-refractivity contribution < 1.29 is 0 Å². The highest BCUT2D eigenvalue weighted by Crippen LogP contribution is 2.19. The molecular formula is C8H14BrN3S. The van der Waals surface area contributed by atoms with E-state index in [-0.39, 0.29) is 0 Å². The van der Waals surface area contributed by atoms with E-state index in [0.29, 0.717) is 5.92 Å². The molecule has 0 fully saturated rings. The fourth-order valence-electron chi connectivity index (χ4n) is 0.775. The molecule has 1 unspecified atom stereocenters. The fourth-order valence-corrected chi connectivity index (χ4v) is 2.28. The molecule has 74 valence electrons. The van der Waals surface area contributed by atoms with Gasteiger partial charge in [-0.15, -0.1) is 10.2 Å². The Morgan fingerprint density at radius 1 is 1.54 bits per heavy atom. The van der Waals surface area contributed by atoms with Crippen molar-refractivity contribution >= 4 is 27.7 Å². The van der Waals surface area contributed by atoms with Crippen molar-refractivity contribution in [2.45, 2.75) is 19.0 Å². The van der Waals surface area contributed by atoms with Gasteiger partial charge in [0, 0.05) is 18.1 Å². The van der Waals surface area contributed by atoms with Crippen molar-refractivity contribution in [3.63, 3.8) is 0 Å². The summed E-state index contributed by atoms with van der Waals surface area (Å²) >= 11 is 5.22. The van der Waals surface area contributed by atoms with Crippen LogP contribution < -0.4 is 0 Å². The van der Waals surface area contributed by atoms with Crippen molar-refractivity contribution in [1.29, 1.82) is 0 Å². The minimum atomic E-state index is 0.669. The lowest BCUT2D eigenvalue weighted by atomic mass is 10.3. The Morgan fingerprint density at radius 2 is 2.23 bits per heavy atom. The molecule has 0 N–H and O–H groups in total. The van der Waals surface area contributed by atoms with Crippen molar-refractivity contribution in [1.82, 2.24) is 14.8 Å². The zero-order valence-electron chi connectivity index (χ0n) is 8.12. The Hall–Kier alpha value is -0.0300. The Balaban J connectivity index is 2.50. The molecule has 0 amide bonds. The maximum atomic E-state index is 4.08. The fraction of sp³-hybridized carbons (Fsp3) is 0.750. The predicted octanol–water partition coefficient (Wildman–Crippen LogP) is 2.25. The van der Waals surface area contributed by atoms with E-state index in [1.165, 1.54) is 0 Å². The quantitative estimate of drug-likeness (QED) is 0.617. The molecule has 0 saturated carbocycles. The number of alkyl halides is 1. The first-order chi connectivity index (χ1) is 6.15. The van der Waals surface area contributed by atoms with Crippen LogP contribution in [0.25, 0.3) is 0 Å². The summed E-state index contributed by atoms with van der Waals surface area (Å²) in [5.74, 6) is 2.72. The summed E-state index contributed by atoms with van der Waals surface area (Å²) in [4.78, 5) is 0. The summed E-state index contributed by atoms with van der Waals surface area (Å²) in [5.41, 5.74) is 0. The van der Waals surface area contributed by atoms with E-state index in [1.54, 1.807) is 11.8 Å². The van der Waals surface area contributed by atoms with Crippen LogP contribution in [-0.4, -0.2) is 25.8 Å². The van der Waals surface area contributed by atoms with Crippen molar-refractivity contribution in [3.05, 3.63) is 5.82 Å². The molecule has 0 aliphatic carbocycles. The monoisotopic (exact) mass is 263 g/mol. The minimum Gasteiger partial charge on any atom is -0.309 e. The molecule has 1 aromatic heterocycles. The van der Waals surface area contributed by atoms with Crippen LogP contribution in [0.3, 0.4) is 0 Å². The van der Waals surface area contributed by atoms with Gasteiger partial charge in [0.25, 0.3) is 0 Å². The number of halogens is 1. The summed E-state index contributed by atoms with van der Waals surface area (Å²) in [6.07, 6.45) is 0. The number of aromatic nitrogens is 3. The molecule has 1 heterocycles. The number of aryl methyl sites for hydroxylation is 1. The Bertz CT molecular complexity index is 274.